The van der Waals surface area contributed by atoms with Crippen LogP contribution in [-0.4, -0.2) is 9.78 Å². The van der Waals surface area contributed by atoms with E-state index >= 15 is 0 Å². The summed E-state index contributed by atoms with van der Waals surface area (Å²) in [6, 6.07) is 12.9. The number of hydrogen-bond donors (Lipinski definition) is 2. The predicted molar refractivity (Wildman–Crippen MR) is 70.6 cm³/mol. The van der Waals surface area contributed by atoms with Gasteiger partial charge >= 0.3 is 0 Å². The van der Waals surface area contributed by atoms with Gasteiger partial charge < -0.3 is 0 Å². The van der Waals surface area contributed by atoms with E-state index < -0.39 is 0 Å². The van der Waals surface area contributed by atoms with Crippen molar-refractivity contribution in [3.8, 4) is 0 Å². The first-order chi connectivity index (χ1) is 8.81. The fourth-order valence-electron chi connectivity index (χ4n) is 2.78. The van der Waals surface area contributed by atoms with E-state index in [0.29, 0.717) is 11.8 Å². The minimum Gasteiger partial charge on any atom is -0.271 e. The maximum Gasteiger partial charge on any atom is 0.0663 e. The fraction of sp³-hybridized carbons (Fsp3) is 0.357. The zero-order valence-electron chi connectivity index (χ0n) is 10.5. The molecule has 4 heteroatoms. The van der Waals surface area contributed by atoms with Crippen molar-refractivity contribution < 1.29 is 0 Å². The Balaban J connectivity index is 1.79. The number of aryl methyl sites for hydroxylation is 1. The van der Waals surface area contributed by atoms with Crippen LogP contribution in [-0.2, 0) is 7.05 Å². The molecule has 1 heterocycles. The summed E-state index contributed by atoms with van der Waals surface area (Å²) >= 11 is 0. The van der Waals surface area contributed by atoms with Crippen molar-refractivity contribution in [2.75, 3.05) is 0 Å². The van der Waals surface area contributed by atoms with E-state index in [9.17, 15) is 0 Å². The normalized spacial score (nSPS) is 23.9. The molecule has 0 spiro atoms. The van der Waals surface area contributed by atoms with Crippen molar-refractivity contribution in [3.63, 3.8) is 0 Å². The van der Waals surface area contributed by atoms with Gasteiger partial charge in [0, 0.05) is 13.2 Å². The van der Waals surface area contributed by atoms with Crippen molar-refractivity contribution >= 4 is 0 Å². The lowest BCUT2D eigenvalue weighted by Crippen LogP contribution is -2.31. The van der Waals surface area contributed by atoms with Gasteiger partial charge in [0.05, 0.1) is 11.7 Å². The SMILES string of the molecule is Cn1nccc1C(NN)C1CC1c1ccccc1. The Morgan fingerprint density at radius 2 is 2.11 bits per heavy atom. The average Bonchev–Trinajstić information content (AvgIpc) is 3.08. The molecule has 0 radical (unpaired) electrons. The Kier molecular flexibility index (Phi) is 2.89. The monoisotopic (exact) mass is 242 g/mol. The average molecular weight is 242 g/mol. The molecule has 1 fully saturated rings. The number of benzene rings is 1. The van der Waals surface area contributed by atoms with Crippen LogP contribution in [0.2, 0.25) is 0 Å². The molecule has 1 aromatic heterocycles. The highest BCUT2D eigenvalue weighted by Gasteiger charge is 2.44. The van der Waals surface area contributed by atoms with Crippen molar-refractivity contribution in [3.05, 3.63) is 53.9 Å². The van der Waals surface area contributed by atoms with E-state index in [4.69, 9.17) is 5.84 Å². The third-order valence-corrected chi connectivity index (χ3v) is 3.85. The van der Waals surface area contributed by atoms with Crippen molar-refractivity contribution in [1.82, 2.24) is 15.2 Å². The minimum atomic E-state index is 0.183. The second-order valence-electron chi connectivity index (χ2n) is 4.94. The summed E-state index contributed by atoms with van der Waals surface area (Å²) in [6.07, 6.45) is 3.00. The van der Waals surface area contributed by atoms with Crippen LogP contribution in [0.15, 0.2) is 42.6 Å². The maximum absolute atomic E-state index is 5.72. The topological polar surface area (TPSA) is 55.9 Å². The van der Waals surface area contributed by atoms with Crippen LogP contribution in [0.3, 0.4) is 0 Å². The summed E-state index contributed by atoms with van der Waals surface area (Å²) in [5, 5.41) is 4.21. The molecule has 18 heavy (non-hydrogen) atoms. The molecule has 3 N–H and O–H groups in total. The Labute approximate surface area is 107 Å². The van der Waals surface area contributed by atoms with Crippen molar-refractivity contribution in [1.29, 1.82) is 0 Å². The van der Waals surface area contributed by atoms with Crippen molar-refractivity contribution in [2.45, 2.75) is 18.4 Å². The second-order valence-corrected chi connectivity index (χ2v) is 4.94. The van der Waals surface area contributed by atoms with E-state index in [-0.39, 0.29) is 6.04 Å². The lowest BCUT2D eigenvalue weighted by atomic mass is 10.0. The number of nitrogens with two attached hydrogens (primary N) is 1. The van der Waals surface area contributed by atoms with Gasteiger partial charge in [0.1, 0.15) is 0 Å². The summed E-state index contributed by atoms with van der Waals surface area (Å²) in [5.74, 6) is 6.90. The second kappa shape index (κ2) is 4.55. The first-order valence-corrected chi connectivity index (χ1v) is 6.30. The predicted octanol–water partition coefficient (Wildman–Crippen LogP) is 1.73. The van der Waals surface area contributed by atoms with Crippen LogP contribution in [0.25, 0.3) is 0 Å². The number of aromatic nitrogens is 2. The number of nitrogens with zero attached hydrogens (tertiary/aromatic N) is 2. The van der Waals surface area contributed by atoms with E-state index in [1.54, 1.807) is 0 Å². The smallest absolute Gasteiger partial charge is 0.0663 e. The minimum absolute atomic E-state index is 0.183. The van der Waals surface area contributed by atoms with Gasteiger partial charge in [-0.15, -0.1) is 0 Å². The molecule has 3 rings (SSSR count). The quantitative estimate of drug-likeness (QED) is 0.634. The molecule has 1 aliphatic rings. The third-order valence-electron chi connectivity index (χ3n) is 3.85. The molecule has 94 valence electrons. The standard InChI is InChI=1S/C14H18N4/c1-18-13(7-8-16-18)14(17-15)12-9-11(12)10-5-3-2-4-6-10/h2-8,11-12,14,17H,9,15H2,1H3. The van der Waals surface area contributed by atoms with E-state index in [1.807, 2.05) is 24.0 Å². The number of rotatable bonds is 4. The molecule has 0 bridgehead atoms. The number of hydrazine groups is 1. The van der Waals surface area contributed by atoms with Crippen LogP contribution in [0.5, 0.6) is 0 Å². The molecule has 0 saturated heterocycles. The molecule has 3 unspecified atom stereocenters. The third kappa shape index (κ3) is 1.94. The van der Waals surface area contributed by atoms with Crippen LogP contribution < -0.4 is 11.3 Å². The summed E-state index contributed by atoms with van der Waals surface area (Å²) in [4.78, 5) is 0. The Bertz CT molecular complexity index is 520. The lowest BCUT2D eigenvalue weighted by Gasteiger charge is -2.16. The zero-order valence-corrected chi connectivity index (χ0v) is 10.5. The first kappa shape index (κ1) is 11.4. The first-order valence-electron chi connectivity index (χ1n) is 6.30. The molecule has 4 nitrogen and oxygen atoms in total. The molecule has 0 aliphatic heterocycles. The number of nitrogens with one attached hydrogen (secondary N) is 1. The molecule has 1 aliphatic carbocycles. The molecule has 2 aromatic rings. The fourth-order valence-corrected chi connectivity index (χ4v) is 2.78. The van der Waals surface area contributed by atoms with Gasteiger partial charge in [-0.05, 0) is 29.9 Å². The van der Waals surface area contributed by atoms with E-state index in [1.165, 1.54) is 12.0 Å². The highest BCUT2D eigenvalue weighted by Crippen LogP contribution is 2.53. The summed E-state index contributed by atoms with van der Waals surface area (Å²) in [5.41, 5.74) is 5.51. The lowest BCUT2D eigenvalue weighted by molar-refractivity contribution is 0.455. The van der Waals surface area contributed by atoms with Gasteiger partial charge in [0.2, 0.25) is 0 Å². The van der Waals surface area contributed by atoms with Crippen LogP contribution in [0.4, 0.5) is 0 Å². The molecule has 3 atom stereocenters. The highest BCUT2D eigenvalue weighted by atomic mass is 15.3. The maximum atomic E-state index is 5.72. The molecule has 1 saturated carbocycles. The van der Waals surface area contributed by atoms with Gasteiger partial charge in [-0.1, -0.05) is 30.3 Å². The van der Waals surface area contributed by atoms with Crippen molar-refractivity contribution in [2.24, 2.45) is 18.8 Å². The van der Waals surface area contributed by atoms with Gasteiger partial charge in [0.15, 0.2) is 0 Å². The Hall–Kier alpha value is -1.65. The molecule has 0 amide bonds. The van der Waals surface area contributed by atoms with E-state index in [0.717, 1.165) is 5.69 Å². The zero-order chi connectivity index (χ0) is 12.5. The molecular formula is C14H18N4. The summed E-state index contributed by atoms with van der Waals surface area (Å²) in [6.45, 7) is 0. The largest absolute Gasteiger partial charge is 0.271 e. The van der Waals surface area contributed by atoms with Crippen LogP contribution in [0.1, 0.15) is 29.6 Å². The number of hydrogen-bond acceptors (Lipinski definition) is 3. The van der Waals surface area contributed by atoms with Gasteiger partial charge in [-0.3, -0.25) is 16.0 Å². The summed E-state index contributed by atoms with van der Waals surface area (Å²) in [7, 11) is 1.96. The Morgan fingerprint density at radius 1 is 1.33 bits per heavy atom. The van der Waals surface area contributed by atoms with Gasteiger partial charge in [-0.25, -0.2) is 0 Å². The molecule has 1 aromatic carbocycles. The Morgan fingerprint density at radius 3 is 2.72 bits per heavy atom. The van der Waals surface area contributed by atoms with Gasteiger partial charge in [-0.2, -0.15) is 5.10 Å². The summed E-state index contributed by atoms with van der Waals surface area (Å²) < 4.78 is 1.89. The molecular weight excluding hydrogens is 224 g/mol. The van der Waals surface area contributed by atoms with E-state index in [2.05, 4.69) is 40.9 Å². The highest BCUT2D eigenvalue weighted by molar-refractivity contribution is 5.28. The van der Waals surface area contributed by atoms with Crippen LogP contribution >= 0.6 is 0 Å². The van der Waals surface area contributed by atoms with Crippen LogP contribution in [0, 0.1) is 5.92 Å². The van der Waals surface area contributed by atoms with Gasteiger partial charge in [0.25, 0.3) is 0 Å².